The Morgan fingerprint density at radius 3 is 2.80 bits per heavy atom. The quantitative estimate of drug-likeness (QED) is 0.814. The normalized spacial score (nSPS) is 12.2. The van der Waals surface area contributed by atoms with Crippen molar-refractivity contribution >= 4 is 17.5 Å². The zero-order valence-electron chi connectivity index (χ0n) is 8.37. The van der Waals surface area contributed by atoms with E-state index in [2.05, 4.69) is 0 Å². The Kier molecular flexibility index (Phi) is 3.94. The maximum atomic E-state index is 10.6. The van der Waals surface area contributed by atoms with E-state index in [9.17, 15) is 4.79 Å². The van der Waals surface area contributed by atoms with Crippen LogP contribution >= 0.6 is 11.6 Å². The van der Waals surface area contributed by atoms with Crippen molar-refractivity contribution in [2.75, 3.05) is 6.61 Å². The molecule has 4 nitrogen and oxygen atoms in total. The van der Waals surface area contributed by atoms with Crippen molar-refractivity contribution in [2.45, 2.75) is 13.0 Å². The third kappa shape index (κ3) is 3.42. The van der Waals surface area contributed by atoms with Crippen molar-refractivity contribution in [3.8, 4) is 5.75 Å². The van der Waals surface area contributed by atoms with Gasteiger partial charge in [0.1, 0.15) is 5.75 Å². The van der Waals surface area contributed by atoms with E-state index in [0.29, 0.717) is 10.8 Å². The van der Waals surface area contributed by atoms with Gasteiger partial charge in [0, 0.05) is 16.6 Å². The summed E-state index contributed by atoms with van der Waals surface area (Å²) in [6, 6.07) is 4.84. The van der Waals surface area contributed by atoms with Crippen molar-refractivity contribution in [3.63, 3.8) is 0 Å². The van der Waals surface area contributed by atoms with E-state index in [1.807, 2.05) is 6.92 Å². The van der Waals surface area contributed by atoms with Gasteiger partial charge in [0.15, 0.2) is 6.61 Å². The third-order valence-corrected chi connectivity index (χ3v) is 2.07. The van der Waals surface area contributed by atoms with Gasteiger partial charge in [-0.25, -0.2) is 0 Å². The van der Waals surface area contributed by atoms with E-state index in [1.54, 1.807) is 18.2 Å². The van der Waals surface area contributed by atoms with Crippen LogP contribution in [-0.2, 0) is 4.79 Å². The zero-order chi connectivity index (χ0) is 11.4. The molecule has 0 heterocycles. The first-order valence-electron chi connectivity index (χ1n) is 4.47. The predicted molar refractivity (Wildman–Crippen MR) is 58.7 cm³/mol. The van der Waals surface area contributed by atoms with Crippen LogP contribution in [0.1, 0.15) is 18.5 Å². The predicted octanol–water partition coefficient (Wildman–Crippen LogP) is 1.22. The van der Waals surface area contributed by atoms with Crippen molar-refractivity contribution < 1.29 is 9.53 Å². The molecule has 1 atom stereocenters. The van der Waals surface area contributed by atoms with Gasteiger partial charge in [-0.3, -0.25) is 4.79 Å². The van der Waals surface area contributed by atoms with Crippen LogP contribution in [0.3, 0.4) is 0 Å². The summed E-state index contributed by atoms with van der Waals surface area (Å²) in [4.78, 5) is 10.6. The topological polar surface area (TPSA) is 78.3 Å². The number of hydrogen-bond acceptors (Lipinski definition) is 3. The molecule has 0 unspecified atom stereocenters. The number of primary amides is 1. The van der Waals surface area contributed by atoms with Gasteiger partial charge in [0.25, 0.3) is 5.91 Å². The molecule has 4 N–H and O–H groups in total. The fraction of sp³-hybridized carbons (Fsp3) is 0.300. The Morgan fingerprint density at radius 2 is 2.27 bits per heavy atom. The van der Waals surface area contributed by atoms with Crippen LogP contribution in [0, 0.1) is 0 Å². The van der Waals surface area contributed by atoms with Gasteiger partial charge in [-0.05, 0) is 25.1 Å². The largest absolute Gasteiger partial charge is 0.483 e. The molecule has 0 saturated carbocycles. The summed E-state index contributed by atoms with van der Waals surface area (Å²) < 4.78 is 5.20. The molecule has 1 rings (SSSR count). The Bertz CT molecular complexity index is 366. The van der Waals surface area contributed by atoms with Crippen molar-refractivity contribution in [2.24, 2.45) is 11.5 Å². The van der Waals surface area contributed by atoms with Crippen LogP contribution in [0.15, 0.2) is 18.2 Å². The highest BCUT2D eigenvalue weighted by Gasteiger charge is 2.09. The van der Waals surface area contributed by atoms with Crippen molar-refractivity contribution in [3.05, 3.63) is 28.8 Å². The zero-order valence-corrected chi connectivity index (χ0v) is 9.12. The minimum absolute atomic E-state index is 0.165. The van der Waals surface area contributed by atoms with Crippen LogP contribution in [0.2, 0.25) is 5.02 Å². The van der Waals surface area contributed by atoms with Gasteiger partial charge >= 0.3 is 0 Å². The molecule has 0 radical (unpaired) electrons. The van der Waals surface area contributed by atoms with Gasteiger partial charge in [0.2, 0.25) is 0 Å². The van der Waals surface area contributed by atoms with Gasteiger partial charge in [-0.15, -0.1) is 0 Å². The smallest absolute Gasteiger partial charge is 0.255 e. The highest BCUT2D eigenvalue weighted by atomic mass is 35.5. The Labute approximate surface area is 93.1 Å². The minimum atomic E-state index is -0.527. The average molecular weight is 229 g/mol. The molecule has 0 aliphatic rings. The number of ether oxygens (including phenoxy) is 1. The standard InChI is InChI=1S/C10H13ClN2O2/c1-6(12)8-4-7(11)2-3-9(8)15-5-10(13)14/h2-4,6H,5,12H2,1H3,(H2,13,14)/t6-/m1/s1. The van der Waals surface area contributed by atoms with E-state index in [0.717, 1.165) is 5.56 Å². The van der Waals surface area contributed by atoms with Crippen LogP contribution < -0.4 is 16.2 Å². The lowest BCUT2D eigenvalue weighted by Gasteiger charge is -2.13. The van der Waals surface area contributed by atoms with Gasteiger partial charge in [-0.1, -0.05) is 11.6 Å². The van der Waals surface area contributed by atoms with Crippen LogP contribution in [0.25, 0.3) is 0 Å². The molecule has 1 amide bonds. The summed E-state index contributed by atoms with van der Waals surface area (Å²) in [5.41, 5.74) is 11.5. The number of hydrogen-bond donors (Lipinski definition) is 2. The summed E-state index contributed by atoms with van der Waals surface area (Å²) in [7, 11) is 0. The molecule has 0 aliphatic heterocycles. The molecule has 0 fully saturated rings. The first-order valence-corrected chi connectivity index (χ1v) is 4.84. The lowest BCUT2D eigenvalue weighted by Crippen LogP contribution is -2.21. The SMILES string of the molecule is C[C@@H](N)c1cc(Cl)ccc1OCC(N)=O. The molecule has 15 heavy (non-hydrogen) atoms. The van der Waals surface area contributed by atoms with E-state index in [1.165, 1.54) is 0 Å². The van der Waals surface area contributed by atoms with Crippen LogP contribution in [0.5, 0.6) is 5.75 Å². The van der Waals surface area contributed by atoms with E-state index in [4.69, 9.17) is 27.8 Å². The molecule has 5 heteroatoms. The molecule has 0 bridgehead atoms. The molecule has 0 aromatic heterocycles. The summed E-state index contributed by atoms with van der Waals surface area (Å²) in [5, 5.41) is 0.578. The number of benzene rings is 1. The number of halogens is 1. The van der Waals surface area contributed by atoms with E-state index >= 15 is 0 Å². The van der Waals surface area contributed by atoms with Gasteiger partial charge < -0.3 is 16.2 Å². The summed E-state index contributed by atoms with van der Waals surface area (Å²) in [6.45, 7) is 1.64. The number of rotatable bonds is 4. The second kappa shape index (κ2) is 5.00. The molecule has 0 aliphatic carbocycles. The van der Waals surface area contributed by atoms with Gasteiger partial charge in [-0.2, -0.15) is 0 Å². The molecule has 1 aromatic rings. The lowest BCUT2D eigenvalue weighted by atomic mass is 10.1. The number of nitrogens with two attached hydrogens (primary N) is 2. The van der Waals surface area contributed by atoms with E-state index < -0.39 is 5.91 Å². The fourth-order valence-electron chi connectivity index (χ4n) is 1.16. The Morgan fingerprint density at radius 1 is 1.60 bits per heavy atom. The maximum absolute atomic E-state index is 10.6. The van der Waals surface area contributed by atoms with Crippen molar-refractivity contribution in [1.82, 2.24) is 0 Å². The molecular formula is C10H13ClN2O2. The number of carbonyl (C=O) groups excluding carboxylic acids is 1. The van der Waals surface area contributed by atoms with Gasteiger partial charge in [0.05, 0.1) is 0 Å². The van der Waals surface area contributed by atoms with Crippen LogP contribution in [-0.4, -0.2) is 12.5 Å². The minimum Gasteiger partial charge on any atom is -0.483 e. The lowest BCUT2D eigenvalue weighted by molar-refractivity contribution is -0.119. The second-order valence-corrected chi connectivity index (χ2v) is 3.66. The Balaban J connectivity index is 2.90. The monoisotopic (exact) mass is 228 g/mol. The second-order valence-electron chi connectivity index (χ2n) is 3.23. The van der Waals surface area contributed by atoms with Crippen LogP contribution in [0.4, 0.5) is 0 Å². The fourth-order valence-corrected chi connectivity index (χ4v) is 1.34. The summed E-state index contributed by atoms with van der Waals surface area (Å²) in [6.07, 6.45) is 0. The third-order valence-electron chi connectivity index (χ3n) is 1.83. The average Bonchev–Trinajstić information content (AvgIpc) is 2.15. The molecule has 1 aromatic carbocycles. The summed E-state index contributed by atoms with van der Waals surface area (Å²) in [5.74, 6) is 0.00812. The Hall–Kier alpha value is -1.26. The number of amides is 1. The first-order chi connectivity index (χ1) is 7.00. The van der Waals surface area contributed by atoms with E-state index in [-0.39, 0.29) is 12.6 Å². The molecular weight excluding hydrogens is 216 g/mol. The molecule has 82 valence electrons. The molecule has 0 spiro atoms. The van der Waals surface area contributed by atoms with Crippen molar-refractivity contribution in [1.29, 1.82) is 0 Å². The summed E-state index contributed by atoms with van der Waals surface area (Å²) >= 11 is 5.82. The number of carbonyl (C=O) groups is 1. The maximum Gasteiger partial charge on any atom is 0.255 e. The molecule has 0 saturated heterocycles. The first kappa shape index (κ1) is 11.8. The highest BCUT2D eigenvalue weighted by molar-refractivity contribution is 6.30. The highest BCUT2D eigenvalue weighted by Crippen LogP contribution is 2.27.